The molecular weight excluding hydrogens is 362 g/mol. The first-order chi connectivity index (χ1) is 9.51. The number of rotatable bonds is 6. The molecule has 2 aromatic rings. The van der Waals surface area contributed by atoms with Gasteiger partial charge >= 0.3 is 5.97 Å². The predicted octanol–water partition coefficient (Wildman–Crippen LogP) is 3.12. The van der Waals surface area contributed by atoms with Crippen molar-refractivity contribution >= 4 is 56.6 Å². The van der Waals surface area contributed by atoms with E-state index in [2.05, 4.69) is 39.1 Å². The van der Waals surface area contributed by atoms with E-state index in [4.69, 9.17) is 5.11 Å². The molecule has 1 unspecified atom stereocenters. The van der Waals surface area contributed by atoms with Crippen LogP contribution in [0.3, 0.4) is 0 Å². The van der Waals surface area contributed by atoms with Crippen molar-refractivity contribution in [3.8, 4) is 0 Å². The van der Waals surface area contributed by atoms with Crippen LogP contribution in [-0.4, -0.2) is 42.9 Å². The zero-order valence-corrected chi connectivity index (χ0v) is 14.3. The maximum Gasteiger partial charge on any atom is 0.313 e. The van der Waals surface area contributed by atoms with Gasteiger partial charge in [-0.1, -0.05) is 18.7 Å². The molecule has 0 aliphatic heterocycles. The fraction of sp³-hybridized carbons (Fsp3) is 0.417. The number of fused-ring (bicyclic) bond motifs is 1. The van der Waals surface area contributed by atoms with Crippen LogP contribution in [0.2, 0.25) is 0 Å². The lowest BCUT2D eigenvalue weighted by Crippen LogP contribution is -2.11. The van der Waals surface area contributed by atoms with Gasteiger partial charge in [0.05, 0.1) is 5.75 Å². The fourth-order valence-electron chi connectivity index (χ4n) is 1.70. The molecule has 2 rings (SSSR count). The first kappa shape index (κ1) is 15.7. The minimum absolute atomic E-state index is 0.00184. The van der Waals surface area contributed by atoms with Crippen LogP contribution in [0.1, 0.15) is 6.92 Å². The van der Waals surface area contributed by atoms with E-state index in [9.17, 15) is 4.79 Å². The lowest BCUT2D eigenvalue weighted by atomic mass is 10.4. The number of halogens is 1. The predicted molar refractivity (Wildman–Crippen MR) is 86.6 cm³/mol. The Kier molecular flexibility index (Phi) is 5.34. The lowest BCUT2D eigenvalue weighted by molar-refractivity contribution is -0.133. The second kappa shape index (κ2) is 6.82. The first-order valence-electron chi connectivity index (χ1n) is 5.90. The Hall–Kier alpha value is -0.730. The second-order valence-corrected chi connectivity index (χ2v) is 7.36. The minimum atomic E-state index is -0.847. The molecule has 0 bridgehead atoms. The Morgan fingerprint density at radius 1 is 1.60 bits per heavy atom. The molecule has 5 nitrogen and oxygen atoms in total. The summed E-state index contributed by atoms with van der Waals surface area (Å²) in [6.07, 6.45) is 3.79. The van der Waals surface area contributed by atoms with E-state index in [0.717, 1.165) is 22.2 Å². The Balaban J connectivity index is 2.41. The average molecular weight is 376 g/mol. The molecule has 0 saturated heterocycles. The third-order valence-electron chi connectivity index (χ3n) is 2.68. The zero-order chi connectivity index (χ0) is 14.7. The van der Waals surface area contributed by atoms with Crippen molar-refractivity contribution in [2.24, 2.45) is 0 Å². The standard InChI is InChI=1S/C12H14BrN3O2S2/c1-7(19-2)5-16-11-9(3-8(13)4-14-11)15-12(16)20-6-10(17)18/h3-4,7H,5-6H2,1-2H3,(H,17,18). The van der Waals surface area contributed by atoms with E-state index in [1.165, 1.54) is 11.8 Å². The summed E-state index contributed by atoms with van der Waals surface area (Å²) in [7, 11) is 0. The molecule has 2 heterocycles. The van der Waals surface area contributed by atoms with Crippen LogP contribution < -0.4 is 0 Å². The number of aromatic nitrogens is 3. The van der Waals surface area contributed by atoms with Gasteiger partial charge in [-0.05, 0) is 28.3 Å². The summed E-state index contributed by atoms with van der Waals surface area (Å²) in [5, 5.41) is 9.93. The average Bonchev–Trinajstić information content (AvgIpc) is 2.73. The molecule has 20 heavy (non-hydrogen) atoms. The molecule has 0 radical (unpaired) electrons. The lowest BCUT2D eigenvalue weighted by Gasteiger charge is -2.12. The second-order valence-electron chi connectivity index (χ2n) is 4.23. The van der Waals surface area contributed by atoms with E-state index in [-0.39, 0.29) is 5.75 Å². The number of carbonyl (C=O) groups is 1. The van der Waals surface area contributed by atoms with Crippen molar-refractivity contribution in [2.45, 2.75) is 23.9 Å². The molecule has 0 amide bonds. The smallest absolute Gasteiger partial charge is 0.313 e. The van der Waals surface area contributed by atoms with Gasteiger partial charge in [0.15, 0.2) is 10.8 Å². The molecule has 0 aliphatic rings. The number of hydrogen-bond donors (Lipinski definition) is 1. The molecular formula is C12H14BrN3O2S2. The van der Waals surface area contributed by atoms with Gasteiger partial charge in [-0.25, -0.2) is 9.97 Å². The van der Waals surface area contributed by atoms with Crippen LogP contribution >= 0.6 is 39.5 Å². The minimum Gasteiger partial charge on any atom is -0.481 e. The van der Waals surface area contributed by atoms with Gasteiger partial charge in [0.25, 0.3) is 0 Å². The van der Waals surface area contributed by atoms with Gasteiger partial charge in [0, 0.05) is 22.5 Å². The van der Waals surface area contributed by atoms with E-state index in [1.54, 1.807) is 18.0 Å². The quantitative estimate of drug-likeness (QED) is 0.782. The summed E-state index contributed by atoms with van der Waals surface area (Å²) >= 11 is 6.36. The Bertz CT molecular complexity index is 632. The zero-order valence-electron chi connectivity index (χ0n) is 11.0. The molecule has 0 aromatic carbocycles. The molecule has 0 spiro atoms. The molecule has 108 valence electrons. The summed E-state index contributed by atoms with van der Waals surface area (Å²) in [6.45, 7) is 2.88. The van der Waals surface area contributed by atoms with Gasteiger partial charge in [0.2, 0.25) is 0 Å². The molecule has 1 atom stereocenters. The van der Waals surface area contributed by atoms with E-state index >= 15 is 0 Å². The number of pyridine rings is 1. The van der Waals surface area contributed by atoms with E-state index < -0.39 is 5.97 Å². The van der Waals surface area contributed by atoms with Crippen LogP contribution in [0.4, 0.5) is 0 Å². The summed E-state index contributed by atoms with van der Waals surface area (Å²) in [5.74, 6) is -0.848. The fourth-order valence-corrected chi connectivity index (χ4v) is 3.05. The SMILES string of the molecule is CSC(C)Cn1c(SCC(=O)O)nc2cc(Br)cnc21. The van der Waals surface area contributed by atoms with E-state index in [0.29, 0.717) is 10.4 Å². The number of hydrogen-bond acceptors (Lipinski definition) is 5. The summed E-state index contributed by atoms with van der Waals surface area (Å²) in [4.78, 5) is 19.6. The highest BCUT2D eigenvalue weighted by atomic mass is 79.9. The third kappa shape index (κ3) is 3.67. The third-order valence-corrected chi connectivity index (χ3v) is 5.03. The molecule has 0 saturated carbocycles. The molecule has 0 aliphatic carbocycles. The van der Waals surface area contributed by atoms with Gasteiger partial charge < -0.3 is 9.67 Å². The van der Waals surface area contributed by atoms with Gasteiger partial charge in [0.1, 0.15) is 5.52 Å². The van der Waals surface area contributed by atoms with Gasteiger partial charge in [-0.3, -0.25) is 4.79 Å². The molecule has 8 heteroatoms. The maximum atomic E-state index is 10.7. The van der Waals surface area contributed by atoms with Gasteiger partial charge in [-0.15, -0.1) is 0 Å². The van der Waals surface area contributed by atoms with Crippen molar-refractivity contribution in [3.63, 3.8) is 0 Å². The number of carboxylic acid groups (broad SMARTS) is 1. The molecule has 2 aromatic heterocycles. The highest BCUT2D eigenvalue weighted by molar-refractivity contribution is 9.10. The first-order valence-corrected chi connectivity index (χ1v) is 8.97. The Morgan fingerprint density at radius 2 is 2.35 bits per heavy atom. The number of imidazole rings is 1. The normalized spacial score (nSPS) is 12.8. The number of thioether (sulfide) groups is 2. The Labute approximate surface area is 133 Å². The van der Waals surface area contributed by atoms with Crippen molar-refractivity contribution in [1.82, 2.24) is 14.5 Å². The largest absolute Gasteiger partial charge is 0.481 e. The number of aliphatic carboxylic acids is 1. The summed E-state index contributed by atoms with van der Waals surface area (Å²) in [6, 6.07) is 1.90. The van der Waals surface area contributed by atoms with Crippen molar-refractivity contribution in [3.05, 3.63) is 16.7 Å². The summed E-state index contributed by atoms with van der Waals surface area (Å²) < 4.78 is 2.86. The van der Waals surface area contributed by atoms with E-state index in [1.807, 2.05) is 10.6 Å². The number of carboxylic acids is 1. The van der Waals surface area contributed by atoms with Gasteiger partial charge in [-0.2, -0.15) is 11.8 Å². The maximum absolute atomic E-state index is 10.7. The monoisotopic (exact) mass is 375 g/mol. The topological polar surface area (TPSA) is 68.0 Å². The van der Waals surface area contributed by atoms with Crippen molar-refractivity contribution < 1.29 is 9.90 Å². The molecule has 0 fully saturated rings. The number of nitrogens with zero attached hydrogens (tertiary/aromatic N) is 3. The van der Waals surface area contributed by atoms with Crippen LogP contribution in [0.5, 0.6) is 0 Å². The van der Waals surface area contributed by atoms with Crippen molar-refractivity contribution in [2.75, 3.05) is 12.0 Å². The summed E-state index contributed by atoms with van der Waals surface area (Å²) in [5.41, 5.74) is 1.57. The molecule has 1 N–H and O–H groups in total. The van der Waals surface area contributed by atoms with Crippen LogP contribution in [0, 0.1) is 0 Å². The highest BCUT2D eigenvalue weighted by Crippen LogP contribution is 2.26. The van der Waals surface area contributed by atoms with Crippen LogP contribution in [0.15, 0.2) is 21.9 Å². The van der Waals surface area contributed by atoms with Crippen molar-refractivity contribution in [1.29, 1.82) is 0 Å². The van der Waals surface area contributed by atoms with Crippen LogP contribution in [0.25, 0.3) is 11.2 Å². The highest BCUT2D eigenvalue weighted by Gasteiger charge is 2.15. The Morgan fingerprint density at radius 3 is 3.00 bits per heavy atom. The van der Waals surface area contributed by atoms with Crippen LogP contribution in [-0.2, 0) is 11.3 Å².